The Morgan fingerprint density at radius 3 is 2.24 bits per heavy atom. The van der Waals surface area contributed by atoms with Crippen LogP contribution in [0, 0.1) is 0 Å². The molecule has 1 aliphatic rings. The number of aromatic nitrogens is 2. The summed E-state index contributed by atoms with van der Waals surface area (Å²) < 4.78 is 23.1. The molecule has 150 valence electrons. The summed E-state index contributed by atoms with van der Waals surface area (Å²) in [7, 11) is -3.18. The van der Waals surface area contributed by atoms with E-state index < -0.39 is 9.84 Å². The summed E-state index contributed by atoms with van der Waals surface area (Å²) in [6.45, 7) is 0.587. The van der Waals surface area contributed by atoms with Crippen molar-refractivity contribution in [2.24, 2.45) is 0 Å². The van der Waals surface area contributed by atoms with Crippen LogP contribution in [-0.4, -0.2) is 24.6 Å². The summed E-state index contributed by atoms with van der Waals surface area (Å²) in [5.74, 6) is 1.03. The molecule has 0 amide bonds. The van der Waals surface area contributed by atoms with Crippen molar-refractivity contribution in [1.29, 1.82) is 0 Å². The molecule has 8 heteroatoms. The maximum atomic E-state index is 11.5. The van der Waals surface area contributed by atoms with Crippen molar-refractivity contribution < 1.29 is 8.42 Å². The molecule has 29 heavy (non-hydrogen) atoms. The van der Waals surface area contributed by atoms with E-state index in [0.29, 0.717) is 23.2 Å². The normalized spacial score (nSPS) is 14.0. The SMILES string of the molecule is CS(=O)(=O)c1ccc(CNc2ccc(-c3c(N)nc(N)nc3C3CC3)cc2)cc1. The van der Waals surface area contributed by atoms with Gasteiger partial charge in [-0.05, 0) is 48.2 Å². The van der Waals surface area contributed by atoms with E-state index in [4.69, 9.17) is 11.5 Å². The Morgan fingerprint density at radius 1 is 1.00 bits per heavy atom. The van der Waals surface area contributed by atoms with E-state index in [1.165, 1.54) is 6.26 Å². The first-order valence-electron chi connectivity index (χ1n) is 9.37. The molecule has 0 aliphatic heterocycles. The molecule has 1 heterocycles. The molecule has 3 aromatic rings. The summed E-state index contributed by atoms with van der Waals surface area (Å²) >= 11 is 0. The minimum Gasteiger partial charge on any atom is -0.383 e. The van der Waals surface area contributed by atoms with Gasteiger partial charge < -0.3 is 16.8 Å². The molecule has 0 bridgehead atoms. The summed E-state index contributed by atoms with van der Waals surface area (Å²) in [6, 6.07) is 14.8. The van der Waals surface area contributed by atoms with Crippen LogP contribution in [0.2, 0.25) is 0 Å². The molecule has 5 N–H and O–H groups in total. The fourth-order valence-corrected chi connectivity index (χ4v) is 3.91. The van der Waals surface area contributed by atoms with Crippen LogP contribution in [0.4, 0.5) is 17.5 Å². The van der Waals surface area contributed by atoms with Crippen LogP contribution in [0.3, 0.4) is 0 Å². The van der Waals surface area contributed by atoms with Gasteiger partial charge in [-0.15, -0.1) is 0 Å². The van der Waals surface area contributed by atoms with Gasteiger partial charge in [0.15, 0.2) is 9.84 Å². The lowest BCUT2D eigenvalue weighted by molar-refractivity contribution is 0.602. The molecular formula is C21H23N5O2S. The highest BCUT2D eigenvalue weighted by Crippen LogP contribution is 2.45. The molecular weight excluding hydrogens is 386 g/mol. The molecule has 7 nitrogen and oxygen atoms in total. The van der Waals surface area contributed by atoms with E-state index in [1.807, 2.05) is 36.4 Å². The van der Waals surface area contributed by atoms with Gasteiger partial charge in [0.2, 0.25) is 5.95 Å². The van der Waals surface area contributed by atoms with Crippen molar-refractivity contribution in [3.05, 3.63) is 59.8 Å². The maximum Gasteiger partial charge on any atom is 0.222 e. The summed E-state index contributed by atoms with van der Waals surface area (Å²) in [5, 5.41) is 3.34. The largest absolute Gasteiger partial charge is 0.383 e. The highest BCUT2D eigenvalue weighted by Gasteiger charge is 2.30. The third-order valence-electron chi connectivity index (χ3n) is 4.97. The van der Waals surface area contributed by atoms with Gasteiger partial charge in [0, 0.05) is 30.0 Å². The van der Waals surface area contributed by atoms with Crippen molar-refractivity contribution >= 4 is 27.3 Å². The lowest BCUT2D eigenvalue weighted by Crippen LogP contribution is -2.06. The zero-order chi connectivity index (χ0) is 20.6. The van der Waals surface area contributed by atoms with Gasteiger partial charge in [-0.1, -0.05) is 24.3 Å². The summed E-state index contributed by atoms with van der Waals surface area (Å²) in [6.07, 6.45) is 3.40. The first kappa shape index (κ1) is 19.2. The highest BCUT2D eigenvalue weighted by molar-refractivity contribution is 7.90. The van der Waals surface area contributed by atoms with Gasteiger partial charge in [0.25, 0.3) is 0 Å². The highest BCUT2D eigenvalue weighted by atomic mass is 32.2. The van der Waals surface area contributed by atoms with E-state index in [2.05, 4.69) is 15.3 Å². The van der Waals surface area contributed by atoms with E-state index in [1.54, 1.807) is 12.1 Å². The quantitative estimate of drug-likeness (QED) is 0.571. The lowest BCUT2D eigenvalue weighted by Gasteiger charge is -2.13. The molecule has 1 fully saturated rings. The number of nitrogens with two attached hydrogens (primary N) is 2. The number of benzene rings is 2. The van der Waals surface area contributed by atoms with Gasteiger partial charge in [-0.2, -0.15) is 4.98 Å². The predicted octanol–water partition coefficient (Wildman–Crippen LogP) is 3.20. The third kappa shape index (κ3) is 4.32. The van der Waals surface area contributed by atoms with E-state index >= 15 is 0 Å². The van der Waals surface area contributed by atoms with Crippen molar-refractivity contribution in [3.8, 4) is 11.1 Å². The second-order valence-corrected chi connectivity index (χ2v) is 9.36. The number of hydrogen-bond donors (Lipinski definition) is 3. The van der Waals surface area contributed by atoms with Crippen LogP contribution in [0.5, 0.6) is 0 Å². The smallest absolute Gasteiger partial charge is 0.222 e. The first-order valence-corrected chi connectivity index (χ1v) is 11.3. The Hall–Kier alpha value is -3.13. The fraction of sp³-hybridized carbons (Fsp3) is 0.238. The van der Waals surface area contributed by atoms with E-state index in [0.717, 1.165) is 40.9 Å². The Morgan fingerprint density at radius 2 is 1.66 bits per heavy atom. The van der Waals surface area contributed by atoms with Crippen molar-refractivity contribution in [1.82, 2.24) is 9.97 Å². The second-order valence-electron chi connectivity index (χ2n) is 7.35. The third-order valence-corrected chi connectivity index (χ3v) is 6.10. The average Bonchev–Trinajstić information content (AvgIpc) is 3.51. The molecule has 0 spiro atoms. The van der Waals surface area contributed by atoms with Gasteiger partial charge in [0.05, 0.1) is 10.6 Å². The van der Waals surface area contributed by atoms with E-state index in [9.17, 15) is 8.42 Å². The summed E-state index contributed by atoms with van der Waals surface area (Å²) in [5.41, 5.74) is 16.6. The zero-order valence-corrected chi connectivity index (χ0v) is 16.9. The van der Waals surface area contributed by atoms with Gasteiger partial charge in [-0.3, -0.25) is 0 Å². The molecule has 2 aromatic carbocycles. The molecule has 1 saturated carbocycles. The fourth-order valence-electron chi connectivity index (χ4n) is 3.28. The zero-order valence-electron chi connectivity index (χ0n) is 16.1. The number of nitrogens with zero attached hydrogens (tertiary/aromatic N) is 2. The monoisotopic (exact) mass is 409 g/mol. The van der Waals surface area contributed by atoms with Gasteiger partial charge in [-0.25, -0.2) is 13.4 Å². The van der Waals surface area contributed by atoms with Gasteiger partial charge >= 0.3 is 0 Å². The van der Waals surface area contributed by atoms with Crippen LogP contribution in [-0.2, 0) is 16.4 Å². The number of anilines is 3. The maximum absolute atomic E-state index is 11.5. The molecule has 0 unspecified atom stereocenters. The molecule has 0 radical (unpaired) electrons. The molecule has 1 aliphatic carbocycles. The lowest BCUT2D eigenvalue weighted by atomic mass is 10.0. The Bertz CT molecular complexity index is 1140. The molecule has 0 saturated heterocycles. The molecule has 0 atom stereocenters. The van der Waals surface area contributed by atoms with E-state index in [-0.39, 0.29) is 5.95 Å². The Labute approximate surface area is 170 Å². The topological polar surface area (TPSA) is 124 Å². The van der Waals surface area contributed by atoms with Crippen LogP contribution >= 0.6 is 0 Å². The number of hydrogen-bond acceptors (Lipinski definition) is 7. The number of nitrogen functional groups attached to an aromatic ring is 2. The number of rotatable bonds is 6. The average molecular weight is 410 g/mol. The molecule has 4 rings (SSSR count). The summed E-state index contributed by atoms with van der Waals surface area (Å²) in [4.78, 5) is 8.87. The minimum absolute atomic E-state index is 0.216. The number of sulfone groups is 1. The van der Waals surface area contributed by atoms with Crippen LogP contribution in [0.15, 0.2) is 53.4 Å². The van der Waals surface area contributed by atoms with Gasteiger partial charge in [0.1, 0.15) is 5.82 Å². The van der Waals surface area contributed by atoms with Crippen LogP contribution in [0.1, 0.15) is 30.0 Å². The van der Waals surface area contributed by atoms with Crippen molar-refractivity contribution in [2.45, 2.75) is 30.2 Å². The standard InChI is InChI=1S/C21H23N5O2S/c1-29(27,28)17-10-2-13(3-11-17)12-24-16-8-6-14(7-9-16)18-19(15-4-5-15)25-21(23)26-20(18)22/h2-3,6-11,15,24H,4-5,12H2,1H3,(H4,22,23,25,26). The Kier molecular flexibility index (Phi) is 4.87. The number of nitrogens with one attached hydrogen (secondary N) is 1. The van der Waals surface area contributed by atoms with Crippen molar-refractivity contribution in [3.63, 3.8) is 0 Å². The Balaban J connectivity index is 1.49. The predicted molar refractivity (Wildman–Crippen MR) is 115 cm³/mol. The molecule has 1 aromatic heterocycles. The van der Waals surface area contributed by atoms with Crippen LogP contribution < -0.4 is 16.8 Å². The van der Waals surface area contributed by atoms with Crippen LogP contribution in [0.25, 0.3) is 11.1 Å². The van der Waals surface area contributed by atoms with Crippen molar-refractivity contribution in [2.75, 3.05) is 23.0 Å². The first-order chi connectivity index (χ1) is 13.8. The second kappa shape index (κ2) is 7.36. The minimum atomic E-state index is -3.18.